The number of piperidine rings is 1. The Balaban J connectivity index is 1.37. The van der Waals surface area contributed by atoms with Crippen molar-refractivity contribution in [3.63, 3.8) is 0 Å². The summed E-state index contributed by atoms with van der Waals surface area (Å²) in [6.45, 7) is 3.94. The minimum Gasteiger partial charge on any atom is -0.356 e. The molecule has 1 amide bonds. The van der Waals surface area contributed by atoms with Crippen molar-refractivity contribution in [2.75, 3.05) is 19.6 Å². The summed E-state index contributed by atoms with van der Waals surface area (Å²) in [7, 11) is 0. The average Bonchev–Trinajstić information content (AvgIpc) is 2.63. The number of carbonyl (C=O) groups excluding carboxylic acids is 1. The van der Waals surface area contributed by atoms with Crippen LogP contribution in [0.15, 0.2) is 28.7 Å². The van der Waals surface area contributed by atoms with E-state index in [1.165, 1.54) is 37.7 Å². The van der Waals surface area contributed by atoms with Crippen molar-refractivity contribution in [1.29, 1.82) is 0 Å². The molecule has 1 saturated heterocycles. The number of likely N-dealkylation sites (tertiary alicyclic amines) is 1. The van der Waals surface area contributed by atoms with Crippen LogP contribution < -0.4 is 5.32 Å². The van der Waals surface area contributed by atoms with E-state index in [-0.39, 0.29) is 5.92 Å². The smallest absolute Gasteiger partial charge is 0.223 e. The molecular weight excluding hydrogens is 364 g/mol. The van der Waals surface area contributed by atoms with E-state index in [0.717, 1.165) is 49.4 Å². The average molecular weight is 393 g/mol. The number of hydrogen-bond donors (Lipinski definition) is 1. The predicted octanol–water partition coefficient (Wildman–Crippen LogP) is 4.36. The highest BCUT2D eigenvalue weighted by atomic mass is 79.9. The first-order valence-corrected chi connectivity index (χ1v) is 10.2. The molecule has 1 aromatic rings. The number of rotatable bonds is 5. The molecule has 0 aromatic heterocycles. The Morgan fingerprint density at radius 3 is 2.38 bits per heavy atom. The lowest BCUT2D eigenvalue weighted by molar-refractivity contribution is -0.126. The maximum absolute atomic E-state index is 12.4. The van der Waals surface area contributed by atoms with Crippen LogP contribution in [0.3, 0.4) is 0 Å². The van der Waals surface area contributed by atoms with Crippen molar-refractivity contribution in [3.8, 4) is 0 Å². The van der Waals surface area contributed by atoms with Gasteiger partial charge in [0.05, 0.1) is 0 Å². The monoisotopic (exact) mass is 392 g/mol. The first-order valence-electron chi connectivity index (χ1n) is 9.45. The molecule has 2 fully saturated rings. The van der Waals surface area contributed by atoms with E-state index in [0.29, 0.717) is 5.91 Å². The molecule has 0 atom stereocenters. The molecule has 0 unspecified atom stereocenters. The number of carbonyl (C=O) groups is 1. The summed E-state index contributed by atoms with van der Waals surface area (Å²) in [6, 6.07) is 8.54. The summed E-state index contributed by atoms with van der Waals surface area (Å²) in [5.74, 6) is 1.24. The number of hydrogen-bond acceptors (Lipinski definition) is 2. The Hall–Kier alpha value is -0.870. The van der Waals surface area contributed by atoms with Crippen LogP contribution in [-0.4, -0.2) is 30.4 Å². The van der Waals surface area contributed by atoms with Gasteiger partial charge in [0.25, 0.3) is 0 Å². The van der Waals surface area contributed by atoms with Crippen molar-refractivity contribution in [2.24, 2.45) is 11.8 Å². The Bertz CT molecular complexity index is 517. The number of nitrogens with zero attached hydrogens (tertiary/aromatic N) is 1. The normalized spacial score (nSPS) is 20.9. The largest absolute Gasteiger partial charge is 0.356 e. The molecule has 0 spiro atoms. The van der Waals surface area contributed by atoms with Crippen molar-refractivity contribution >= 4 is 21.8 Å². The summed E-state index contributed by atoms with van der Waals surface area (Å²) in [5.41, 5.74) is 1.35. The van der Waals surface area contributed by atoms with Gasteiger partial charge < -0.3 is 5.32 Å². The van der Waals surface area contributed by atoms with Crippen molar-refractivity contribution < 1.29 is 4.79 Å². The highest BCUT2D eigenvalue weighted by molar-refractivity contribution is 9.10. The second-order valence-corrected chi connectivity index (χ2v) is 8.34. The van der Waals surface area contributed by atoms with Crippen LogP contribution in [0, 0.1) is 11.8 Å². The Morgan fingerprint density at radius 1 is 1.04 bits per heavy atom. The number of halogens is 1. The lowest BCUT2D eigenvalue weighted by Gasteiger charge is -2.31. The van der Waals surface area contributed by atoms with Gasteiger partial charge in [0.2, 0.25) is 5.91 Å². The van der Waals surface area contributed by atoms with Crippen molar-refractivity contribution in [2.45, 2.75) is 51.5 Å². The molecule has 1 saturated carbocycles. The van der Waals surface area contributed by atoms with Gasteiger partial charge in [-0.3, -0.25) is 9.69 Å². The van der Waals surface area contributed by atoms with Crippen LogP contribution in [0.25, 0.3) is 0 Å². The van der Waals surface area contributed by atoms with E-state index in [1.54, 1.807) is 0 Å². The van der Waals surface area contributed by atoms with Gasteiger partial charge in [0.1, 0.15) is 0 Å². The first kappa shape index (κ1) is 17.9. The summed E-state index contributed by atoms with van der Waals surface area (Å²) in [5, 5.41) is 3.23. The second kappa shape index (κ2) is 9.00. The third-order valence-electron chi connectivity index (χ3n) is 5.57. The van der Waals surface area contributed by atoms with Gasteiger partial charge >= 0.3 is 0 Å². The van der Waals surface area contributed by atoms with E-state index in [1.807, 2.05) is 0 Å². The lowest BCUT2D eigenvalue weighted by Crippen LogP contribution is -2.41. The molecule has 132 valence electrons. The van der Waals surface area contributed by atoms with Crippen molar-refractivity contribution in [3.05, 3.63) is 34.3 Å². The van der Waals surface area contributed by atoms with Gasteiger partial charge in [-0.05, 0) is 62.4 Å². The lowest BCUT2D eigenvalue weighted by atomic mass is 9.89. The van der Waals surface area contributed by atoms with E-state index >= 15 is 0 Å². The molecule has 0 bridgehead atoms. The molecule has 1 N–H and O–H groups in total. The molecule has 24 heavy (non-hydrogen) atoms. The molecule has 4 heteroatoms. The van der Waals surface area contributed by atoms with E-state index in [2.05, 4.69) is 50.4 Å². The van der Waals surface area contributed by atoms with Crippen LogP contribution in [0.1, 0.15) is 50.5 Å². The standard InChI is InChI=1S/C20H29BrN2O/c21-19-8-6-17(7-9-19)15-23-12-10-18(11-13-23)20(24)22-14-16-4-2-1-3-5-16/h6-9,16,18H,1-5,10-15H2,(H,22,24). The van der Waals surface area contributed by atoms with Gasteiger partial charge in [0, 0.05) is 23.5 Å². The van der Waals surface area contributed by atoms with Gasteiger partial charge in [-0.2, -0.15) is 0 Å². The van der Waals surface area contributed by atoms with E-state index in [4.69, 9.17) is 0 Å². The molecular formula is C20H29BrN2O. The minimum atomic E-state index is 0.217. The van der Waals surface area contributed by atoms with Gasteiger partial charge in [0.15, 0.2) is 0 Å². The molecule has 1 heterocycles. The van der Waals surface area contributed by atoms with Gasteiger partial charge in [-0.1, -0.05) is 47.3 Å². The predicted molar refractivity (Wildman–Crippen MR) is 102 cm³/mol. The molecule has 3 nitrogen and oxygen atoms in total. The van der Waals surface area contributed by atoms with Crippen LogP contribution >= 0.6 is 15.9 Å². The summed E-state index contributed by atoms with van der Waals surface area (Å²) >= 11 is 3.48. The van der Waals surface area contributed by atoms with Gasteiger partial charge in [-0.15, -0.1) is 0 Å². The third-order valence-corrected chi connectivity index (χ3v) is 6.10. The fourth-order valence-corrected chi connectivity index (χ4v) is 4.25. The Kier molecular flexibility index (Phi) is 6.73. The van der Waals surface area contributed by atoms with E-state index in [9.17, 15) is 4.79 Å². The zero-order valence-electron chi connectivity index (χ0n) is 14.5. The quantitative estimate of drug-likeness (QED) is 0.806. The fourth-order valence-electron chi connectivity index (χ4n) is 3.98. The highest BCUT2D eigenvalue weighted by Gasteiger charge is 2.25. The highest BCUT2D eigenvalue weighted by Crippen LogP contribution is 2.24. The van der Waals surface area contributed by atoms with Crippen LogP contribution in [0.2, 0.25) is 0 Å². The number of nitrogens with one attached hydrogen (secondary N) is 1. The molecule has 3 rings (SSSR count). The summed E-state index contributed by atoms with van der Waals surface area (Å²) < 4.78 is 1.12. The van der Waals surface area contributed by atoms with Crippen LogP contribution in [0.5, 0.6) is 0 Å². The third kappa shape index (κ3) is 5.32. The topological polar surface area (TPSA) is 32.3 Å². The second-order valence-electron chi connectivity index (χ2n) is 7.43. The van der Waals surface area contributed by atoms with E-state index < -0.39 is 0 Å². The summed E-state index contributed by atoms with van der Waals surface area (Å²) in [4.78, 5) is 14.9. The first-order chi connectivity index (χ1) is 11.7. The fraction of sp³-hybridized carbons (Fsp3) is 0.650. The molecule has 1 aliphatic carbocycles. The molecule has 1 aromatic carbocycles. The number of amides is 1. The van der Waals surface area contributed by atoms with Gasteiger partial charge in [-0.25, -0.2) is 0 Å². The maximum Gasteiger partial charge on any atom is 0.223 e. The molecule has 2 aliphatic rings. The Labute approximate surface area is 154 Å². The van der Waals surface area contributed by atoms with Crippen molar-refractivity contribution in [1.82, 2.24) is 10.2 Å². The maximum atomic E-state index is 12.4. The Morgan fingerprint density at radius 2 is 1.71 bits per heavy atom. The SMILES string of the molecule is O=C(NCC1CCCCC1)C1CCN(Cc2ccc(Br)cc2)CC1. The van der Waals surface area contributed by atoms with Crippen LogP contribution in [-0.2, 0) is 11.3 Å². The zero-order chi connectivity index (χ0) is 16.8. The zero-order valence-corrected chi connectivity index (χ0v) is 16.1. The minimum absolute atomic E-state index is 0.217. The molecule has 1 aliphatic heterocycles. The van der Waals surface area contributed by atoms with Crippen LogP contribution in [0.4, 0.5) is 0 Å². The summed E-state index contributed by atoms with van der Waals surface area (Å²) in [6.07, 6.45) is 8.64. The molecule has 0 radical (unpaired) electrons. The number of benzene rings is 1.